The van der Waals surface area contributed by atoms with E-state index in [4.69, 9.17) is 23.1 Å². The second kappa shape index (κ2) is 3.60. The summed E-state index contributed by atoms with van der Waals surface area (Å²) >= 11 is 5.20. The summed E-state index contributed by atoms with van der Waals surface area (Å²) in [7, 11) is 0. The van der Waals surface area contributed by atoms with Crippen LogP contribution in [0.2, 0.25) is 0 Å². The van der Waals surface area contributed by atoms with Gasteiger partial charge in [-0.15, -0.1) is 0 Å². The SMILES string of the molecule is NCC(C(N)Cl)[N+](=O)[O-]. The maximum absolute atomic E-state index is 9.93. The van der Waals surface area contributed by atoms with Crippen LogP contribution in [0.25, 0.3) is 0 Å². The molecule has 4 N–H and O–H groups in total. The molecule has 0 aromatic carbocycles. The third-order valence-electron chi connectivity index (χ3n) is 0.880. The molecule has 0 aliphatic rings. The zero-order valence-electron chi connectivity index (χ0n) is 4.66. The Morgan fingerprint density at radius 3 is 2.22 bits per heavy atom. The Labute approximate surface area is 57.1 Å². The van der Waals surface area contributed by atoms with Crippen molar-refractivity contribution in [2.75, 3.05) is 6.54 Å². The van der Waals surface area contributed by atoms with Gasteiger partial charge in [0.25, 0.3) is 6.04 Å². The Morgan fingerprint density at radius 2 is 2.22 bits per heavy atom. The lowest BCUT2D eigenvalue weighted by atomic mass is 10.3. The van der Waals surface area contributed by atoms with E-state index in [9.17, 15) is 10.1 Å². The summed E-state index contributed by atoms with van der Waals surface area (Å²) in [6.07, 6.45) is 0. The lowest BCUT2D eigenvalue weighted by molar-refractivity contribution is -0.519. The Morgan fingerprint density at radius 1 is 1.78 bits per heavy atom. The van der Waals surface area contributed by atoms with E-state index in [1.54, 1.807) is 0 Å². The van der Waals surface area contributed by atoms with Crippen LogP contribution in [0.4, 0.5) is 0 Å². The van der Waals surface area contributed by atoms with E-state index in [1.807, 2.05) is 0 Å². The van der Waals surface area contributed by atoms with Crippen molar-refractivity contribution in [1.82, 2.24) is 0 Å². The summed E-state index contributed by atoms with van der Waals surface area (Å²) in [5, 5.41) is 9.93. The molecular weight excluding hydrogens is 146 g/mol. The van der Waals surface area contributed by atoms with Gasteiger partial charge in [0, 0.05) is 4.92 Å². The lowest BCUT2D eigenvalue weighted by Gasteiger charge is -2.06. The first-order valence-corrected chi connectivity index (χ1v) is 2.76. The summed E-state index contributed by atoms with van der Waals surface area (Å²) in [5.74, 6) is 0. The number of nitrogens with two attached hydrogens (primary N) is 2. The number of hydrogen-bond donors (Lipinski definition) is 2. The van der Waals surface area contributed by atoms with Crippen LogP contribution in [-0.4, -0.2) is 23.0 Å². The fourth-order valence-corrected chi connectivity index (χ4v) is 0.527. The molecule has 2 atom stereocenters. The van der Waals surface area contributed by atoms with Crippen molar-refractivity contribution in [2.45, 2.75) is 11.5 Å². The van der Waals surface area contributed by atoms with E-state index in [0.29, 0.717) is 0 Å². The van der Waals surface area contributed by atoms with Crippen molar-refractivity contribution >= 4 is 11.6 Å². The van der Waals surface area contributed by atoms with Gasteiger partial charge in [-0.3, -0.25) is 10.1 Å². The Balaban J connectivity index is 3.83. The van der Waals surface area contributed by atoms with E-state index < -0.39 is 16.5 Å². The van der Waals surface area contributed by atoms with Crippen LogP contribution in [-0.2, 0) is 0 Å². The molecule has 2 unspecified atom stereocenters. The van der Waals surface area contributed by atoms with Crippen molar-refractivity contribution < 1.29 is 4.92 Å². The Bertz CT molecular complexity index is 107. The van der Waals surface area contributed by atoms with Crippen molar-refractivity contribution in [1.29, 1.82) is 0 Å². The van der Waals surface area contributed by atoms with Crippen LogP contribution in [0.1, 0.15) is 0 Å². The summed E-state index contributed by atoms with van der Waals surface area (Å²) in [6.45, 7) is -0.127. The minimum absolute atomic E-state index is 0.127. The van der Waals surface area contributed by atoms with Crippen LogP contribution in [0.3, 0.4) is 0 Å². The van der Waals surface area contributed by atoms with Crippen LogP contribution in [0.15, 0.2) is 0 Å². The molecule has 0 saturated heterocycles. The summed E-state index contributed by atoms with van der Waals surface area (Å²) < 4.78 is 0. The van der Waals surface area contributed by atoms with Gasteiger partial charge in [0.15, 0.2) is 0 Å². The molecule has 9 heavy (non-hydrogen) atoms. The minimum atomic E-state index is -1.04. The minimum Gasteiger partial charge on any atom is -0.324 e. The highest BCUT2D eigenvalue weighted by molar-refractivity contribution is 6.20. The van der Waals surface area contributed by atoms with E-state index in [1.165, 1.54) is 0 Å². The van der Waals surface area contributed by atoms with E-state index in [-0.39, 0.29) is 6.54 Å². The maximum atomic E-state index is 9.93. The first-order valence-electron chi connectivity index (χ1n) is 2.32. The highest BCUT2D eigenvalue weighted by atomic mass is 35.5. The van der Waals surface area contributed by atoms with Gasteiger partial charge in [-0.05, 0) is 0 Å². The number of nitrogens with zero attached hydrogens (tertiary/aromatic N) is 1. The second-order valence-corrected chi connectivity index (χ2v) is 2.04. The average molecular weight is 154 g/mol. The van der Waals surface area contributed by atoms with Crippen molar-refractivity contribution in [3.63, 3.8) is 0 Å². The van der Waals surface area contributed by atoms with Crippen LogP contribution in [0, 0.1) is 10.1 Å². The predicted octanol–water partition coefficient (Wildman–Crippen LogP) is -0.886. The van der Waals surface area contributed by atoms with Crippen LogP contribution >= 0.6 is 11.6 Å². The first kappa shape index (κ1) is 8.61. The number of halogens is 1. The molecule has 0 fully saturated rings. The number of rotatable bonds is 3. The summed E-state index contributed by atoms with van der Waals surface area (Å²) in [5.41, 5.74) is 8.97. The molecule has 0 aliphatic heterocycles. The quantitative estimate of drug-likeness (QED) is 0.238. The van der Waals surface area contributed by atoms with E-state index >= 15 is 0 Å². The second-order valence-electron chi connectivity index (χ2n) is 1.53. The number of hydrogen-bond acceptors (Lipinski definition) is 4. The van der Waals surface area contributed by atoms with Crippen LogP contribution < -0.4 is 11.5 Å². The molecule has 0 radical (unpaired) electrons. The van der Waals surface area contributed by atoms with Gasteiger partial charge in [-0.25, -0.2) is 0 Å². The zero-order chi connectivity index (χ0) is 7.44. The van der Waals surface area contributed by atoms with Crippen LogP contribution in [0.5, 0.6) is 0 Å². The molecule has 6 heteroatoms. The van der Waals surface area contributed by atoms with Gasteiger partial charge in [0.05, 0.1) is 6.54 Å². The topological polar surface area (TPSA) is 95.2 Å². The summed E-state index contributed by atoms with van der Waals surface area (Å²) in [6, 6.07) is -1.04. The third-order valence-corrected chi connectivity index (χ3v) is 1.17. The van der Waals surface area contributed by atoms with Gasteiger partial charge in [0.1, 0.15) is 5.50 Å². The van der Waals surface area contributed by atoms with Crippen molar-refractivity contribution in [3.8, 4) is 0 Å². The lowest BCUT2D eigenvalue weighted by Crippen LogP contribution is -2.41. The highest BCUT2D eigenvalue weighted by Gasteiger charge is 2.24. The standard InChI is InChI=1S/C3H8ClN3O2/c4-3(6)2(1-5)7(8)9/h2-3H,1,5-6H2. The molecule has 0 rings (SSSR count). The first-order chi connectivity index (χ1) is 4.09. The maximum Gasteiger partial charge on any atom is 0.253 e. The third kappa shape index (κ3) is 2.59. The molecule has 0 aromatic heterocycles. The molecule has 0 amide bonds. The van der Waals surface area contributed by atoms with Gasteiger partial charge in [0.2, 0.25) is 0 Å². The number of nitro groups is 1. The Hall–Kier alpha value is -0.390. The average Bonchev–Trinajstić information content (AvgIpc) is 1.64. The molecule has 0 heterocycles. The highest BCUT2D eigenvalue weighted by Crippen LogP contribution is 1.96. The van der Waals surface area contributed by atoms with Gasteiger partial charge >= 0.3 is 0 Å². The molecule has 0 aliphatic carbocycles. The normalized spacial score (nSPS) is 16.8. The fourth-order valence-electron chi connectivity index (χ4n) is 0.332. The molecular formula is C3H8ClN3O2. The summed E-state index contributed by atoms with van der Waals surface area (Å²) in [4.78, 5) is 9.35. The van der Waals surface area contributed by atoms with Gasteiger partial charge < -0.3 is 11.5 Å². The van der Waals surface area contributed by atoms with Gasteiger partial charge in [-0.1, -0.05) is 11.6 Å². The molecule has 0 saturated carbocycles. The van der Waals surface area contributed by atoms with Crippen molar-refractivity contribution in [2.24, 2.45) is 11.5 Å². The molecule has 0 aromatic rings. The predicted molar refractivity (Wildman–Crippen MR) is 33.7 cm³/mol. The zero-order valence-corrected chi connectivity index (χ0v) is 5.41. The van der Waals surface area contributed by atoms with Crippen molar-refractivity contribution in [3.05, 3.63) is 10.1 Å². The Kier molecular flexibility index (Phi) is 3.44. The van der Waals surface area contributed by atoms with E-state index in [0.717, 1.165) is 0 Å². The fraction of sp³-hybridized carbons (Fsp3) is 1.00. The monoisotopic (exact) mass is 153 g/mol. The molecule has 5 nitrogen and oxygen atoms in total. The smallest absolute Gasteiger partial charge is 0.253 e. The van der Waals surface area contributed by atoms with E-state index in [2.05, 4.69) is 0 Å². The molecule has 0 spiro atoms. The molecule has 0 bridgehead atoms. The number of alkyl halides is 1. The largest absolute Gasteiger partial charge is 0.324 e. The van der Waals surface area contributed by atoms with Gasteiger partial charge in [-0.2, -0.15) is 0 Å². The molecule has 54 valence electrons.